The normalized spacial score (nSPS) is 10.0. The molecular formula is C15H12LiNO. The zero-order valence-corrected chi connectivity index (χ0v) is 10.2. The molecule has 0 spiro atoms. The predicted molar refractivity (Wildman–Crippen MR) is 70.0 cm³/mol. The van der Waals surface area contributed by atoms with Crippen LogP contribution in [-0.4, -0.2) is 10.1 Å². The summed E-state index contributed by atoms with van der Waals surface area (Å²) in [7, 11) is 0. The Kier molecular flexibility index (Phi) is 3.71. The van der Waals surface area contributed by atoms with E-state index in [1.165, 1.54) is 0 Å². The van der Waals surface area contributed by atoms with E-state index in [1.54, 1.807) is 12.3 Å². The number of aromatic nitrogens is 1. The first-order chi connectivity index (χ1) is 8.36. The Hall–Kier alpha value is -1.75. The summed E-state index contributed by atoms with van der Waals surface area (Å²) in [5, 5.41) is 11.0. The zero-order valence-electron chi connectivity index (χ0n) is 11.2. The van der Waals surface area contributed by atoms with Crippen LogP contribution in [0.5, 0.6) is 5.75 Å². The fourth-order valence-electron chi connectivity index (χ4n) is 2.02. The molecule has 18 heavy (non-hydrogen) atoms. The minimum atomic E-state index is 0. The molecule has 0 unspecified atom stereocenters. The van der Waals surface area contributed by atoms with Gasteiger partial charge in [0.25, 0.3) is 0 Å². The van der Waals surface area contributed by atoms with Gasteiger partial charge in [-0.1, -0.05) is 42.5 Å². The van der Waals surface area contributed by atoms with Crippen molar-refractivity contribution in [3.63, 3.8) is 0 Å². The summed E-state index contributed by atoms with van der Waals surface area (Å²) in [6.07, 6.45) is 1.77. The van der Waals surface area contributed by atoms with E-state index in [1.807, 2.05) is 48.5 Å². The number of hydrogen-bond acceptors (Lipinski definition) is 2. The molecule has 2 aromatic carbocycles. The van der Waals surface area contributed by atoms with Gasteiger partial charge in [-0.3, -0.25) is 4.98 Å². The molecule has 0 fully saturated rings. The number of pyridine rings is 1. The molecule has 3 aromatic rings. The molecule has 0 atom stereocenters. The van der Waals surface area contributed by atoms with E-state index in [0.29, 0.717) is 0 Å². The van der Waals surface area contributed by atoms with E-state index >= 15 is 0 Å². The Labute approximate surface area is 119 Å². The van der Waals surface area contributed by atoms with Crippen LogP contribution in [0.1, 0.15) is 1.43 Å². The fraction of sp³-hybridized carbons (Fsp3) is 0. The van der Waals surface area contributed by atoms with E-state index in [9.17, 15) is 5.11 Å². The maximum Gasteiger partial charge on any atom is 1.00 e. The Bertz CT molecular complexity index is 682. The molecule has 1 aromatic heterocycles. The summed E-state index contributed by atoms with van der Waals surface area (Å²) < 4.78 is 0. The maximum absolute atomic E-state index is 9.90. The predicted octanol–water partition coefficient (Wildman–Crippen LogP) is 0.724. The van der Waals surface area contributed by atoms with Crippen molar-refractivity contribution >= 4 is 10.9 Å². The smallest absolute Gasteiger partial charge is 1.00 e. The van der Waals surface area contributed by atoms with Gasteiger partial charge in [-0.05, 0) is 12.1 Å². The number of benzene rings is 2. The first-order valence-electron chi connectivity index (χ1n) is 5.48. The second-order valence-corrected chi connectivity index (χ2v) is 3.90. The number of hydrogen-bond donors (Lipinski definition) is 1. The van der Waals surface area contributed by atoms with Crippen molar-refractivity contribution in [3.05, 3.63) is 60.8 Å². The molecular weight excluding hydrogens is 217 g/mol. The molecule has 3 heteroatoms. The molecule has 0 bridgehead atoms. The molecule has 0 aliphatic rings. The second-order valence-electron chi connectivity index (χ2n) is 3.90. The number of rotatable bonds is 1. The third-order valence-corrected chi connectivity index (χ3v) is 2.83. The quantitative estimate of drug-likeness (QED) is 0.624. The molecule has 3 rings (SSSR count). The topological polar surface area (TPSA) is 33.1 Å². The summed E-state index contributed by atoms with van der Waals surface area (Å²) >= 11 is 0. The van der Waals surface area contributed by atoms with Gasteiger partial charge in [0.05, 0.1) is 5.52 Å². The molecule has 0 amide bonds. The number of phenolic OH excluding ortho intramolecular Hbond substituents is 1. The van der Waals surface area contributed by atoms with Crippen LogP contribution in [-0.2, 0) is 0 Å². The van der Waals surface area contributed by atoms with Crippen molar-refractivity contribution < 1.29 is 25.4 Å². The third kappa shape index (κ3) is 2.13. The van der Waals surface area contributed by atoms with Gasteiger partial charge < -0.3 is 6.53 Å². The molecule has 0 aliphatic carbocycles. The van der Waals surface area contributed by atoms with Gasteiger partial charge in [-0.25, -0.2) is 0 Å². The van der Waals surface area contributed by atoms with Crippen LogP contribution < -0.4 is 18.9 Å². The van der Waals surface area contributed by atoms with Gasteiger partial charge in [-0.2, -0.15) is 0 Å². The van der Waals surface area contributed by atoms with E-state index < -0.39 is 0 Å². The average Bonchev–Trinajstić information content (AvgIpc) is 2.39. The molecule has 84 valence electrons. The number of phenols is 1. The van der Waals surface area contributed by atoms with Gasteiger partial charge in [0.1, 0.15) is 5.75 Å². The van der Waals surface area contributed by atoms with E-state index in [4.69, 9.17) is 0 Å². The zero-order chi connectivity index (χ0) is 11.7. The SMILES string of the molecule is Oc1ccccc1-c1cccc2cccnc12.[H-].[Li+]. The minimum absolute atomic E-state index is 0. The molecule has 0 aliphatic heterocycles. The molecule has 1 N–H and O–H groups in total. The Balaban J connectivity index is 0.000000902. The second kappa shape index (κ2) is 5.26. The monoisotopic (exact) mass is 229 g/mol. The van der Waals surface area contributed by atoms with Crippen LogP contribution in [0.25, 0.3) is 22.0 Å². The maximum atomic E-state index is 9.90. The average molecular weight is 229 g/mol. The third-order valence-electron chi connectivity index (χ3n) is 2.83. The van der Waals surface area contributed by atoms with Crippen molar-refractivity contribution in [2.24, 2.45) is 0 Å². The van der Waals surface area contributed by atoms with Crippen LogP contribution >= 0.6 is 0 Å². The Morgan fingerprint density at radius 3 is 2.39 bits per heavy atom. The summed E-state index contributed by atoms with van der Waals surface area (Å²) in [6.45, 7) is 0. The van der Waals surface area contributed by atoms with Gasteiger partial charge >= 0.3 is 18.9 Å². The number of fused-ring (bicyclic) bond motifs is 1. The van der Waals surface area contributed by atoms with Crippen molar-refractivity contribution in [1.29, 1.82) is 0 Å². The fourth-order valence-corrected chi connectivity index (χ4v) is 2.02. The van der Waals surface area contributed by atoms with Crippen LogP contribution in [0.4, 0.5) is 0 Å². The van der Waals surface area contributed by atoms with E-state index in [0.717, 1.165) is 22.0 Å². The van der Waals surface area contributed by atoms with Gasteiger partial charge in [0.2, 0.25) is 0 Å². The number of para-hydroxylation sites is 2. The van der Waals surface area contributed by atoms with Gasteiger partial charge in [0.15, 0.2) is 0 Å². The van der Waals surface area contributed by atoms with Gasteiger partial charge in [-0.15, -0.1) is 0 Å². The van der Waals surface area contributed by atoms with Crippen molar-refractivity contribution in [2.45, 2.75) is 0 Å². The Morgan fingerprint density at radius 2 is 1.56 bits per heavy atom. The first-order valence-corrected chi connectivity index (χ1v) is 5.48. The molecule has 1 heterocycles. The minimum Gasteiger partial charge on any atom is -1.00 e. The summed E-state index contributed by atoms with van der Waals surface area (Å²) in [5.74, 6) is 0.283. The molecule has 0 radical (unpaired) electrons. The van der Waals surface area contributed by atoms with E-state index in [2.05, 4.69) is 4.98 Å². The standard InChI is InChI=1S/C15H11NO.Li.H/c17-14-9-2-1-7-12(14)13-8-3-5-11-6-4-10-16-15(11)13;;/h1-10,17H;;/q;+1;-1. The largest absolute Gasteiger partial charge is 1.00 e. The van der Waals surface area contributed by atoms with Crippen molar-refractivity contribution in [3.8, 4) is 16.9 Å². The van der Waals surface area contributed by atoms with Crippen molar-refractivity contribution in [1.82, 2.24) is 4.98 Å². The van der Waals surface area contributed by atoms with Crippen molar-refractivity contribution in [2.75, 3.05) is 0 Å². The summed E-state index contributed by atoms with van der Waals surface area (Å²) in [6, 6.07) is 17.2. The summed E-state index contributed by atoms with van der Waals surface area (Å²) in [5.41, 5.74) is 2.69. The molecule has 0 saturated carbocycles. The van der Waals surface area contributed by atoms with Gasteiger partial charge in [0, 0.05) is 22.7 Å². The van der Waals surface area contributed by atoms with E-state index in [-0.39, 0.29) is 26.0 Å². The summed E-state index contributed by atoms with van der Waals surface area (Å²) in [4.78, 5) is 4.39. The number of nitrogens with zero attached hydrogens (tertiary/aromatic N) is 1. The van der Waals surface area contributed by atoms with Crippen LogP contribution in [0.15, 0.2) is 60.8 Å². The molecule has 0 saturated heterocycles. The van der Waals surface area contributed by atoms with Crippen LogP contribution in [0.2, 0.25) is 0 Å². The number of aromatic hydroxyl groups is 1. The Morgan fingerprint density at radius 1 is 0.833 bits per heavy atom. The van der Waals surface area contributed by atoms with Crippen LogP contribution in [0, 0.1) is 0 Å². The molecule has 2 nitrogen and oxygen atoms in total. The van der Waals surface area contributed by atoms with Crippen LogP contribution in [0.3, 0.4) is 0 Å². The first kappa shape index (κ1) is 12.7.